The number of carbonyl (C=O) groups is 2. The van der Waals surface area contributed by atoms with E-state index in [9.17, 15) is 14.7 Å². The van der Waals surface area contributed by atoms with Gasteiger partial charge < -0.3 is 19.9 Å². The van der Waals surface area contributed by atoms with Crippen LogP contribution in [0.5, 0.6) is 0 Å². The maximum atomic E-state index is 12.4. The number of hydrogen-bond donors (Lipinski definition) is 2. The molecule has 0 saturated carbocycles. The van der Waals surface area contributed by atoms with Crippen LogP contribution in [0, 0.1) is 0 Å². The van der Waals surface area contributed by atoms with Crippen LogP contribution in [-0.4, -0.2) is 53.0 Å². The van der Waals surface area contributed by atoms with Crippen molar-refractivity contribution in [2.45, 2.75) is 56.8 Å². The van der Waals surface area contributed by atoms with Crippen LogP contribution in [-0.2, 0) is 14.3 Å². The first-order valence-electron chi connectivity index (χ1n) is 11.4. The average Bonchev–Trinajstić information content (AvgIpc) is 3.31. The van der Waals surface area contributed by atoms with E-state index >= 15 is 0 Å². The molecule has 1 saturated heterocycles. The van der Waals surface area contributed by atoms with Gasteiger partial charge in [0.25, 0.3) is 0 Å². The number of fused-ring (bicyclic) bond motifs is 3. The number of aliphatic carboxylic acids is 1. The minimum Gasteiger partial charge on any atom is -0.480 e. The molecule has 2 aliphatic rings. The normalized spacial score (nSPS) is 19.5. The van der Waals surface area contributed by atoms with Crippen LogP contribution in [0.15, 0.2) is 48.5 Å². The molecular weight excluding hydrogens is 438 g/mol. The lowest BCUT2D eigenvalue weighted by Gasteiger charge is -2.19. The number of alkyl carbamates (subject to hydrolysis) is 1. The first-order chi connectivity index (χ1) is 15.8. The Balaban J connectivity index is 1.26. The van der Waals surface area contributed by atoms with E-state index in [-0.39, 0.29) is 24.2 Å². The van der Waals surface area contributed by atoms with Gasteiger partial charge in [-0.05, 0) is 61.1 Å². The molecule has 1 amide bonds. The molecule has 0 aromatic heterocycles. The summed E-state index contributed by atoms with van der Waals surface area (Å²) in [5.41, 5.74) is 4.47. The van der Waals surface area contributed by atoms with Crippen LogP contribution in [0.3, 0.4) is 0 Å². The van der Waals surface area contributed by atoms with Crippen LogP contribution < -0.4 is 5.32 Å². The molecular formula is C26H31NO5S. The molecule has 1 aliphatic heterocycles. The van der Waals surface area contributed by atoms with E-state index in [1.165, 1.54) is 0 Å². The van der Waals surface area contributed by atoms with E-state index in [0.717, 1.165) is 40.8 Å². The van der Waals surface area contributed by atoms with Gasteiger partial charge in [0.2, 0.25) is 0 Å². The van der Waals surface area contributed by atoms with E-state index in [1.807, 2.05) is 36.4 Å². The fraction of sp³-hybridized carbons (Fsp3) is 0.462. The predicted octanol–water partition coefficient (Wildman–Crippen LogP) is 5.06. The maximum absolute atomic E-state index is 12.4. The van der Waals surface area contributed by atoms with Gasteiger partial charge in [-0.1, -0.05) is 48.5 Å². The summed E-state index contributed by atoms with van der Waals surface area (Å²) < 4.78 is 11.5. The molecule has 33 heavy (non-hydrogen) atoms. The van der Waals surface area contributed by atoms with Gasteiger partial charge in [0.1, 0.15) is 12.6 Å². The Morgan fingerprint density at radius 1 is 1.15 bits per heavy atom. The van der Waals surface area contributed by atoms with Crippen molar-refractivity contribution in [1.29, 1.82) is 0 Å². The zero-order chi connectivity index (χ0) is 23.4. The van der Waals surface area contributed by atoms with Gasteiger partial charge in [0, 0.05) is 11.7 Å². The van der Waals surface area contributed by atoms with Gasteiger partial charge in [0.05, 0.1) is 11.7 Å². The molecule has 1 aliphatic carbocycles. The molecule has 6 nitrogen and oxygen atoms in total. The van der Waals surface area contributed by atoms with Crippen LogP contribution in [0.4, 0.5) is 4.79 Å². The Labute approximate surface area is 199 Å². The van der Waals surface area contributed by atoms with E-state index in [1.54, 1.807) is 11.8 Å². The molecule has 4 rings (SSSR count). The van der Waals surface area contributed by atoms with Gasteiger partial charge in [-0.25, -0.2) is 9.59 Å². The Morgan fingerprint density at radius 3 is 2.36 bits per heavy atom. The molecule has 1 fully saturated rings. The molecule has 176 valence electrons. The van der Waals surface area contributed by atoms with Crippen LogP contribution >= 0.6 is 11.8 Å². The van der Waals surface area contributed by atoms with Crippen molar-refractivity contribution < 1.29 is 24.2 Å². The molecule has 7 heteroatoms. The molecule has 1 heterocycles. The molecule has 0 spiro atoms. The highest BCUT2D eigenvalue weighted by Gasteiger charge is 2.32. The van der Waals surface area contributed by atoms with Crippen LogP contribution in [0.25, 0.3) is 11.1 Å². The number of carbonyl (C=O) groups excluding carboxylic acids is 1. The number of benzene rings is 2. The van der Waals surface area contributed by atoms with Gasteiger partial charge in [-0.2, -0.15) is 11.8 Å². The summed E-state index contributed by atoms with van der Waals surface area (Å²) in [6.45, 7) is 4.35. The van der Waals surface area contributed by atoms with Crippen molar-refractivity contribution in [1.82, 2.24) is 5.32 Å². The average molecular weight is 470 g/mol. The largest absolute Gasteiger partial charge is 0.480 e. The summed E-state index contributed by atoms with van der Waals surface area (Å²) in [6.07, 6.45) is 1.92. The standard InChI is InChI=1S/C26H31NO5S/c1-26(2)13-11-17(32-26)16-33-14-12-23(24(28)29)27-25(30)31-15-22-20-9-5-3-7-18(20)19-8-4-6-10-21(19)22/h3-10,17,22-23H,11-16H2,1-2H3,(H,27,30)(H,28,29). The molecule has 2 aromatic rings. The molecule has 2 aromatic carbocycles. The molecule has 0 bridgehead atoms. The second kappa shape index (κ2) is 10.2. The third kappa shape index (κ3) is 5.71. The highest BCUT2D eigenvalue weighted by Crippen LogP contribution is 2.44. The summed E-state index contributed by atoms with van der Waals surface area (Å²) >= 11 is 1.66. The van der Waals surface area contributed by atoms with Crippen molar-refractivity contribution >= 4 is 23.8 Å². The lowest BCUT2D eigenvalue weighted by atomic mass is 9.98. The minimum absolute atomic E-state index is 0.0577. The fourth-order valence-corrected chi connectivity index (χ4v) is 5.72. The Bertz CT molecular complexity index is 962. The predicted molar refractivity (Wildman–Crippen MR) is 130 cm³/mol. The Kier molecular flexibility index (Phi) is 7.29. The van der Waals surface area contributed by atoms with E-state index in [4.69, 9.17) is 9.47 Å². The first kappa shape index (κ1) is 23.6. The third-order valence-corrected chi connectivity index (χ3v) is 7.47. The van der Waals surface area contributed by atoms with Crippen molar-refractivity contribution in [2.75, 3.05) is 18.1 Å². The quantitative estimate of drug-likeness (QED) is 0.500. The van der Waals surface area contributed by atoms with Gasteiger partial charge in [-0.15, -0.1) is 0 Å². The Hall–Kier alpha value is -2.51. The Morgan fingerprint density at radius 2 is 1.79 bits per heavy atom. The van der Waals surface area contributed by atoms with E-state index in [2.05, 4.69) is 31.3 Å². The van der Waals surface area contributed by atoms with Gasteiger partial charge in [-0.3, -0.25) is 0 Å². The molecule has 2 atom stereocenters. The van der Waals surface area contributed by atoms with Crippen molar-refractivity contribution in [2.24, 2.45) is 0 Å². The lowest BCUT2D eigenvalue weighted by Crippen LogP contribution is -2.41. The summed E-state index contributed by atoms with van der Waals surface area (Å²) in [7, 11) is 0. The molecule has 2 unspecified atom stereocenters. The summed E-state index contributed by atoms with van der Waals surface area (Å²) in [5.74, 6) is 0.349. The van der Waals surface area contributed by atoms with E-state index < -0.39 is 18.1 Å². The van der Waals surface area contributed by atoms with Crippen molar-refractivity contribution in [3.63, 3.8) is 0 Å². The van der Waals surface area contributed by atoms with Crippen LogP contribution in [0.1, 0.15) is 50.2 Å². The second-order valence-electron chi connectivity index (χ2n) is 9.26. The minimum atomic E-state index is -1.05. The summed E-state index contributed by atoms with van der Waals surface area (Å²) in [5, 5.41) is 12.1. The van der Waals surface area contributed by atoms with Gasteiger partial charge in [0.15, 0.2) is 0 Å². The summed E-state index contributed by atoms with van der Waals surface area (Å²) in [4.78, 5) is 24.1. The van der Waals surface area contributed by atoms with E-state index in [0.29, 0.717) is 12.2 Å². The topological polar surface area (TPSA) is 84.9 Å². The molecule has 2 N–H and O–H groups in total. The number of rotatable bonds is 9. The highest BCUT2D eigenvalue weighted by molar-refractivity contribution is 7.99. The zero-order valence-corrected chi connectivity index (χ0v) is 19.9. The highest BCUT2D eigenvalue weighted by atomic mass is 32.2. The first-order valence-corrected chi connectivity index (χ1v) is 12.6. The number of thioether (sulfide) groups is 1. The summed E-state index contributed by atoms with van der Waals surface area (Å²) in [6, 6.07) is 15.2. The smallest absolute Gasteiger partial charge is 0.407 e. The maximum Gasteiger partial charge on any atom is 0.407 e. The number of nitrogens with one attached hydrogen (secondary N) is 1. The number of ether oxygens (including phenoxy) is 2. The fourth-order valence-electron chi connectivity index (χ4n) is 4.65. The lowest BCUT2D eigenvalue weighted by molar-refractivity contribution is -0.139. The third-order valence-electron chi connectivity index (χ3n) is 6.34. The van der Waals surface area contributed by atoms with Crippen molar-refractivity contribution in [3.05, 3.63) is 59.7 Å². The van der Waals surface area contributed by atoms with Gasteiger partial charge >= 0.3 is 12.1 Å². The number of amides is 1. The SMILES string of the molecule is CC1(C)CCC(CSCCC(NC(=O)OCC2c3ccccc3-c3ccccc32)C(=O)O)O1. The van der Waals surface area contributed by atoms with Crippen molar-refractivity contribution in [3.8, 4) is 11.1 Å². The zero-order valence-electron chi connectivity index (χ0n) is 19.1. The second-order valence-corrected chi connectivity index (χ2v) is 10.4. The number of carboxylic acid groups (broad SMARTS) is 1. The number of hydrogen-bond acceptors (Lipinski definition) is 5. The molecule has 0 radical (unpaired) electrons. The number of carboxylic acids is 1. The monoisotopic (exact) mass is 469 g/mol. The van der Waals surface area contributed by atoms with Crippen LogP contribution in [0.2, 0.25) is 0 Å².